The van der Waals surface area contributed by atoms with Crippen LogP contribution in [-0.4, -0.2) is 0 Å². The molecular weight excluding hydrogens is 438 g/mol. The molecule has 2 unspecified atom stereocenters. The topological polar surface area (TPSA) is 0 Å². The molecule has 0 saturated heterocycles. The third-order valence-electron chi connectivity index (χ3n) is 5.23. The molecule has 2 aliphatic carbocycles. The average molecular weight is 457 g/mol. The summed E-state index contributed by atoms with van der Waals surface area (Å²) in [5, 5.41) is 0. The normalized spacial score (nSPS) is 18.0. The molecule has 3 aromatic rings. The molecule has 5 rings (SSSR count). The summed E-state index contributed by atoms with van der Waals surface area (Å²) in [6, 6.07) is 25.0. The summed E-state index contributed by atoms with van der Waals surface area (Å²) < 4.78 is 1.36. The van der Waals surface area contributed by atoms with Gasteiger partial charge in [-0.05, 0) is 0 Å². The van der Waals surface area contributed by atoms with E-state index in [9.17, 15) is 0 Å². The Bertz CT molecular complexity index is 977. The molecule has 0 N–H and O–H groups in total. The van der Waals surface area contributed by atoms with Crippen LogP contribution >= 0.6 is 0 Å². The van der Waals surface area contributed by atoms with E-state index < -0.39 is 23.2 Å². The molecule has 3 aromatic carbocycles. The van der Waals surface area contributed by atoms with Gasteiger partial charge in [-0.3, -0.25) is 0 Å². The molecular formula is C23H18Cl2Zr. The summed E-state index contributed by atoms with van der Waals surface area (Å²) in [6.45, 7) is 2.22. The molecule has 0 spiro atoms. The minimum absolute atomic E-state index is 0. The quantitative estimate of drug-likeness (QED) is 0.507. The van der Waals surface area contributed by atoms with Gasteiger partial charge in [0.2, 0.25) is 0 Å². The van der Waals surface area contributed by atoms with Crippen LogP contribution < -0.4 is 24.8 Å². The Labute approximate surface area is 179 Å². The van der Waals surface area contributed by atoms with Gasteiger partial charge < -0.3 is 24.8 Å². The Kier molecular flexibility index (Phi) is 5.92. The minimum atomic E-state index is -0.705. The van der Waals surface area contributed by atoms with Crippen LogP contribution in [0.15, 0.2) is 72.8 Å². The maximum absolute atomic E-state index is 2.47. The van der Waals surface area contributed by atoms with Crippen LogP contribution in [0.4, 0.5) is 0 Å². The first kappa shape index (κ1) is 19.6. The molecule has 0 heterocycles. The van der Waals surface area contributed by atoms with E-state index in [1.807, 2.05) is 0 Å². The van der Waals surface area contributed by atoms with Crippen LogP contribution in [0.2, 0.25) is 0 Å². The molecule has 128 valence electrons. The van der Waals surface area contributed by atoms with Gasteiger partial charge in [0.15, 0.2) is 0 Å². The minimum Gasteiger partial charge on any atom is -1.00 e. The number of benzene rings is 3. The Balaban J connectivity index is 0.000000980. The molecule has 26 heavy (non-hydrogen) atoms. The van der Waals surface area contributed by atoms with Crippen molar-refractivity contribution in [2.75, 3.05) is 0 Å². The van der Waals surface area contributed by atoms with Crippen LogP contribution in [0.1, 0.15) is 35.1 Å². The fraction of sp³-hybridized carbons (Fsp3) is 0.130. The van der Waals surface area contributed by atoms with Gasteiger partial charge in [0.25, 0.3) is 0 Å². The molecule has 2 aliphatic rings. The summed E-state index contributed by atoms with van der Waals surface area (Å²) in [6.07, 6.45) is 4.80. The van der Waals surface area contributed by atoms with Crippen molar-refractivity contribution in [3.05, 3.63) is 101 Å². The number of fused-ring (bicyclic) bond motifs is 4. The van der Waals surface area contributed by atoms with Gasteiger partial charge in [-0.2, -0.15) is 0 Å². The number of rotatable bonds is 2. The molecule has 0 bridgehead atoms. The first-order valence-corrected chi connectivity index (χ1v) is 11.4. The van der Waals surface area contributed by atoms with E-state index in [2.05, 4.69) is 85.8 Å². The second-order valence-electron chi connectivity index (χ2n) is 6.74. The summed E-state index contributed by atoms with van der Waals surface area (Å²) in [7, 11) is 0. The standard InChI is InChI=1S/C14H11.C9H7.2ClH.Zr/c1-10-6-7-14-12(8-10)9-11-4-2-3-5-13(11)14;1-2-5-9-7-3-6-8(9)4-1;;;/h2-9H,1H3;1-7H;2*1H;/q;;;;+2/p-2. The number of halogens is 2. The first-order valence-electron chi connectivity index (χ1n) is 8.54. The molecule has 0 radical (unpaired) electrons. The Morgan fingerprint density at radius 1 is 0.731 bits per heavy atom. The third-order valence-corrected chi connectivity index (χ3v) is 9.69. The Morgan fingerprint density at radius 3 is 2.27 bits per heavy atom. The maximum atomic E-state index is 2.47. The fourth-order valence-corrected chi connectivity index (χ4v) is 8.65. The van der Waals surface area contributed by atoms with Crippen molar-refractivity contribution in [1.82, 2.24) is 0 Å². The summed E-state index contributed by atoms with van der Waals surface area (Å²) >= 11 is -0.705. The van der Waals surface area contributed by atoms with Gasteiger partial charge in [0.05, 0.1) is 0 Å². The van der Waals surface area contributed by atoms with Gasteiger partial charge in [0.1, 0.15) is 0 Å². The largest absolute Gasteiger partial charge is 1.00 e. The van der Waals surface area contributed by atoms with Crippen molar-refractivity contribution in [1.29, 1.82) is 0 Å². The van der Waals surface area contributed by atoms with Gasteiger partial charge in [-0.15, -0.1) is 0 Å². The third kappa shape index (κ3) is 3.15. The molecule has 0 aromatic heterocycles. The van der Waals surface area contributed by atoms with Crippen molar-refractivity contribution in [3.8, 4) is 11.1 Å². The van der Waals surface area contributed by atoms with Crippen LogP contribution in [-0.2, 0) is 23.2 Å². The second kappa shape index (κ2) is 7.85. The molecule has 0 amide bonds. The van der Waals surface area contributed by atoms with Crippen molar-refractivity contribution in [2.45, 2.75) is 14.2 Å². The SMILES string of the molecule is Cc1ccc2c(c1)[CH]([Zr+2][CH]1C=Cc3ccccc31)c1ccccc1-2.[Cl-].[Cl-]. The van der Waals surface area contributed by atoms with E-state index in [1.54, 1.807) is 16.7 Å². The fourth-order valence-electron chi connectivity index (χ4n) is 4.08. The molecule has 2 atom stereocenters. The number of allylic oxidation sites excluding steroid dienone is 1. The zero-order chi connectivity index (χ0) is 16.1. The maximum Gasteiger partial charge on any atom is -1.00 e. The Hall–Kier alpha value is -1.14. The average Bonchev–Trinajstić information content (AvgIpc) is 3.15. The van der Waals surface area contributed by atoms with Crippen molar-refractivity contribution < 1.29 is 48.0 Å². The van der Waals surface area contributed by atoms with E-state index >= 15 is 0 Å². The molecule has 0 aliphatic heterocycles. The van der Waals surface area contributed by atoms with Gasteiger partial charge in [-0.1, -0.05) is 0 Å². The van der Waals surface area contributed by atoms with Crippen molar-refractivity contribution in [3.63, 3.8) is 0 Å². The predicted molar refractivity (Wildman–Crippen MR) is 96.7 cm³/mol. The molecule has 3 heteroatoms. The zero-order valence-electron chi connectivity index (χ0n) is 14.4. The monoisotopic (exact) mass is 454 g/mol. The molecule has 0 saturated carbocycles. The smallest absolute Gasteiger partial charge is 1.00 e. The summed E-state index contributed by atoms with van der Waals surface area (Å²) in [5.74, 6) is 0. The second-order valence-corrected chi connectivity index (χ2v) is 10.5. The first-order chi connectivity index (χ1) is 11.8. The van der Waals surface area contributed by atoms with E-state index in [1.165, 1.54) is 22.3 Å². The van der Waals surface area contributed by atoms with Crippen LogP contribution in [0.25, 0.3) is 17.2 Å². The van der Waals surface area contributed by atoms with Gasteiger partial charge >= 0.3 is 155 Å². The number of hydrogen-bond acceptors (Lipinski definition) is 0. The van der Waals surface area contributed by atoms with Crippen molar-refractivity contribution in [2.24, 2.45) is 0 Å². The number of aryl methyl sites for hydroxylation is 1. The van der Waals surface area contributed by atoms with E-state index in [4.69, 9.17) is 0 Å². The van der Waals surface area contributed by atoms with Crippen LogP contribution in [0, 0.1) is 6.92 Å². The predicted octanol–water partition coefficient (Wildman–Crippen LogP) is -0.0766. The zero-order valence-corrected chi connectivity index (χ0v) is 18.4. The van der Waals surface area contributed by atoms with E-state index in [-0.39, 0.29) is 24.8 Å². The van der Waals surface area contributed by atoms with Crippen molar-refractivity contribution >= 4 is 6.08 Å². The van der Waals surface area contributed by atoms with Crippen LogP contribution in [0.5, 0.6) is 0 Å². The van der Waals surface area contributed by atoms with Crippen LogP contribution in [0.3, 0.4) is 0 Å². The van der Waals surface area contributed by atoms with Gasteiger partial charge in [-0.25, -0.2) is 0 Å². The number of hydrogen-bond donors (Lipinski definition) is 0. The van der Waals surface area contributed by atoms with E-state index in [0.29, 0.717) is 7.25 Å². The summed E-state index contributed by atoms with van der Waals surface area (Å²) in [4.78, 5) is 0. The Morgan fingerprint density at radius 2 is 1.42 bits per heavy atom. The molecule has 0 fully saturated rings. The summed E-state index contributed by atoms with van der Waals surface area (Å²) in [5.41, 5.74) is 10.5. The van der Waals surface area contributed by atoms with Gasteiger partial charge in [0, 0.05) is 0 Å². The molecule has 0 nitrogen and oxygen atoms in total. The van der Waals surface area contributed by atoms with E-state index in [0.717, 1.165) is 0 Å².